The van der Waals surface area contributed by atoms with Gasteiger partial charge in [-0.3, -0.25) is 15.0 Å². The molecule has 0 spiro atoms. The van der Waals surface area contributed by atoms with Gasteiger partial charge in [-0.15, -0.1) is 0 Å². The number of ketones is 1. The molecule has 0 saturated carbocycles. The number of amides is 2. The molecule has 37 heavy (non-hydrogen) atoms. The monoisotopic (exact) mass is 499 g/mol. The van der Waals surface area contributed by atoms with Gasteiger partial charge >= 0.3 is 6.09 Å². The van der Waals surface area contributed by atoms with Crippen molar-refractivity contribution in [2.45, 2.75) is 52.6 Å². The number of nitrogens with one attached hydrogen (secondary N) is 2. The third-order valence-electron chi connectivity index (χ3n) is 6.14. The van der Waals surface area contributed by atoms with E-state index in [1.165, 1.54) is 0 Å². The van der Waals surface area contributed by atoms with E-state index in [0.717, 1.165) is 41.5 Å². The van der Waals surface area contributed by atoms with E-state index in [-0.39, 0.29) is 18.8 Å². The van der Waals surface area contributed by atoms with Crippen LogP contribution in [0.4, 0.5) is 4.79 Å². The summed E-state index contributed by atoms with van der Waals surface area (Å²) in [6, 6.07) is 27.0. The van der Waals surface area contributed by atoms with Crippen molar-refractivity contribution in [3.8, 4) is 11.1 Å². The highest BCUT2D eigenvalue weighted by Crippen LogP contribution is 2.34. The van der Waals surface area contributed by atoms with Gasteiger partial charge in [-0.1, -0.05) is 112 Å². The van der Waals surface area contributed by atoms with E-state index in [1.54, 1.807) is 6.92 Å². The van der Waals surface area contributed by atoms with Crippen molar-refractivity contribution in [2.24, 2.45) is 5.92 Å². The van der Waals surface area contributed by atoms with Gasteiger partial charge in [0, 0.05) is 12.3 Å². The van der Waals surface area contributed by atoms with Crippen LogP contribution in [-0.4, -0.2) is 17.8 Å². The molecule has 3 rings (SSSR count). The molecule has 0 aliphatic rings. The van der Waals surface area contributed by atoms with Crippen LogP contribution in [0.2, 0.25) is 0 Å². The normalized spacial score (nSPS) is 11.5. The Labute approximate surface area is 219 Å². The van der Waals surface area contributed by atoms with Crippen molar-refractivity contribution in [1.29, 1.82) is 0 Å². The summed E-state index contributed by atoms with van der Waals surface area (Å²) in [5.74, 6) is -0.271. The summed E-state index contributed by atoms with van der Waals surface area (Å²) >= 11 is 0. The average Bonchev–Trinajstić information content (AvgIpc) is 2.94. The molecule has 3 aromatic rings. The lowest BCUT2D eigenvalue weighted by atomic mass is 9.81. The van der Waals surface area contributed by atoms with Gasteiger partial charge in [0.05, 0.1) is 5.92 Å². The van der Waals surface area contributed by atoms with Crippen LogP contribution in [0, 0.1) is 11.8 Å². The highest BCUT2D eigenvalue weighted by atomic mass is 16.6. The van der Waals surface area contributed by atoms with Gasteiger partial charge in [0.1, 0.15) is 12.4 Å². The SMILES string of the molecule is CCCCCC(=O)[C](CC(C)C(=O)NNC(=O)OCc1ccccc1)c1ccccc1-c1ccccc1. The Bertz CT molecular complexity index is 1150. The zero-order valence-corrected chi connectivity index (χ0v) is 21.5. The molecule has 2 N–H and O–H groups in total. The van der Waals surface area contributed by atoms with Crippen LogP contribution in [0.3, 0.4) is 0 Å². The van der Waals surface area contributed by atoms with Crippen LogP contribution in [-0.2, 0) is 20.9 Å². The Kier molecular flexibility index (Phi) is 10.9. The highest BCUT2D eigenvalue weighted by molar-refractivity contribution is 5.99. The van der Waals surface area contributed by atoms with E-state index < -0.39 is 17.9 Å². The molecule has 6 nitrogen and oxygen atoms in total. The van der Waals surface area contributed by atoms with Gasteiger partial charge in [-0.25, -0.2) is 10.2 Å². The molecule has 6 heteroatoms. The summed E-state index contributed by atoms with van der Waals surface area (Å²) in [4.78, 5) is 38.2. The Hall–Kier alpha value is -3.93. The first-order valence-electron chi connectivity index (χ1n) is 12.8. The second-order valence-corrected chi connectivity index (χ2v) is 9.05. The van der Waals surface area contributed by atoms with E-state index in [4.69, 9.17) is 4.74 Å². The van der Waals surface area contributed by atoms with Gasteiger partial charge in [0.2, 0.25) is 5.91 Å². The van der Waals surface area contributed by atoms with Crippen LogP contribution >= 0.6 is 0 Å². The maximum atomic E-state index is 13.4. The van der Waals surface area contributed by atoms with Crippen molar-refractivity contribution in [3.63, 3.8) is 0 Å². The van der Waals surface area contributed by atoms with Crippen molar-refractivity contribution < 1.29 is 19.1 Å². The first-order valence-corrected chi connectivity index (χ1v) is 12.8. The molecule has 1 radical (unpaired) electrons. The molecular weight excluding hydrogens is 464 g/mol. The molecule has 0 saturated heterocycles. The van der Waals surface area contributed by atoms with Crippen LogP contribution < -0.4 is 10.9 Å². The van der Waals surface area contributed by atoms with Gasteiger partial charge in [0.25, 0.3) is 0 Å². The number of unbranched alkanes of at least 4 members (excludes halogenated alkanes) is 2. The average molecular weight is 500 g/mol. The minimum absolute atomic E-state index is 0.0479. The predicted molar refractivity (Wildman–Crippen MR) is 145 cm³/mol. The third kappa shape index (κ3) is 8.60. The second-order valence-electron chi connectivity index (χ2n) is 9.05. The fourth-order valence-corrected chi connectivity index (χ4v) is 4.07. The zero-order chi connectivity index (χ0) is 26.5. The van der Waals surface area contributed by atoms with Gasteiger partial charge in [0.15, 0.2) is 0 Å². The Morgan fingerprint density at radius 1 is 0.811 bits per heavy atom. The van der Waals surface area contributed by atoms with E-state index in [1.807, 2.05) is 84.9 Å². The van der Waals surface area contributed by atoms with E-state index in [9.17, 15) is 14.4 Å². The van der Waals surface area contributed by atoms with Gasteiger partial charge < -0.3 is 4.74 Å². The van der Waals surface area contributed by atoms with Gasteiger partial charge in [-0.2, -0.15) is 0 Å². The summed E-state index contributed by atoms with van der Waals surface area (Å²) in [6.07, 6.45) is 2.74. The molecule has 193 valence electrons. The molecule has 0 bridgehead atoms. The molecule has 0 aromatic heterocycles. The highest BCUT2D eigenvalue weighted by Gasteiger charge is 2.28. The maximum Gasteiger partial charge on any atom is 0.426 e. The van der Waals surface area contributed by atoms with E-state index >= 15 is 0 Å². The third-order valence-corrected chi connectivity index (χ3v) is 6.14. The number of hydrogen-bond donors (Lipinski definition) is 2. The smallest absolute Gasteiger partial charge is 0.426 e. The number of carbonyl (C=O) groups excluding carboxylic acids is 3. The number of benzene rings is 3. The first-order chi connectivity index (χ1) is 18.0. The van der Waals surface area contributed by atoms with Crippen molar-refractivity contribution in [2.75, 3.05) is 0 Å². The molecule has 0 aliphatic heterocycles. The number of Topliss-reactive ketones (excluding diaryl/α,β-unsaturated/α-hetero) is 1. The molecule has 0 fully saturated rings. The number of ether oxygens (including phenoxy) is 1. The molecule has 1 unspecified atom stereocenters. The van der Waals surface area contributed by atoms with Gasteiger partial charge in [-0.05, 0) is 35.1 Å². The number of rotatable bonds is 12. The van der Waals surface area contributed by atoms with Crippen LogP contribution in [0.5, 0.6) is 0 Å². The molecule has 0 aliphatic carbocycles. The van der Waals surface area contributed by atoms with E-state index in [0.29, 0.717) is 12.3 Å². The maximum absolute atomic E-state index is 13.4. The number of hydrazine groups is 1. The van der Waals surface area contributed by atoms with E-state index in [2.05, 4.69) is 17.8 Å². The minimum atomic E-state index is -0.751. The summed E-state index contributed by atoms with van der Waals surface area (Å²) in [7, 11) is 0. The van der Waals surface area contributed by atoms with Crippen LogP contribution in [0.25, 0.3) is 11.1 Å². The summed E-state index contributed by atoms with van der Waals surface area (Å²) < 4.78 is 5.14. The number of hydrogen-bond acceptors (Lipinski definition) is 4. The van der Waals surface area contributed by atoms with Crippen LogP contribution in [0.15, 0.2) is 84.9 Å². The minimum Gasteiger partial charge on any atom is -0.443 e. The Morgan fingerprint density at radius 3 is 2.16 bits per heavy atom. The summed E-state index contributed by atoms with van der Waals surface area (Å²) in [6.45, 7) is 3.94. The largest absolute Gasteiger partial charge is 0.443 e. The topological polar surface area (TPSA) is 84.5 Å². The summed E-state index contributed by atoms with van der Waals surface area (Å²) in [5, 5.41) is 0. The fraction of sp³-hybridized carbons (Fsp3) is 0.290. The predicted octanol–water partition coefficient (Wildman–Crippen LogP) is 6.41. The first kappa shape index (κ1) is 27.7. The zero-order valence-electron chi connectivity index (χ0n) is 21.5. The standard InChI is InChI=1S/C31H35N2O4/c1-3-4-7-20-29(34)28(27-19-13-12-18-26(27)25-16-10-6-11-17-25)21-23(2)30(35)32-33-31(36)37-22-24-14-8-5-9-15-24/h5-6,8-19,23H,3-4,7,20-22H2,1-2H3,(H,32,35)(H,33,36). The quantitative estimate of drug-likeness (QED) is 0.223. The molecule has 0 heterocycles. The van der Waals surface area contributed by atoms with Crippen molar-refractivity contribution in [1.82, 2.24) is 10.9 Å². The lowest BCUT2D eigenvalue weighted by molar-refractivity contribution is -0.125. The molecule has 2 amide bonds. The number of carbonyl (C=O) groups is 3. The summed E-state index contributed by atoms with van der Waals surface area (Å²) in [5.41, 5.74) is 8.37. The Morgan fingerprint density at radius 2 is 1.46 bits per heavy atom. The Balaban J connectivity index is 1.68. The lowest BCUT2D eigenvalue weighted by Crippen LogP contribution is -2.44. The molecule has 3 aromatic carbocycles. The fourth-order valence-electron chi connectivity index (χ4n) is 4.07. The van der Waals surface area contributed by atoms with Crippen LogP contribution in [0.1, 0.15) is 57.1 Å². The molecular formula is C31H35N2O4. The van der Waals surface area contributed by atoms with Crippen molar-refractivity contribution in [3.05, 3.63) is 102 Å². The molecule has 1 atom stereocenters. The van der Waals surface area contributed by atoms with Crippen molar-refractivity contribution >= 4 is 17.8 Å². The lowest BCUT2D eigenvalue weighted by Gasteiger charge is -2.22. The second kappa shape index (κ2) is 14.6.